The number of nitrogens with zero attached hydrogens (tertiary/aromatic N) is 3. The fourth-order valence-corrected chi connectivity index (χ4v) is 2.88. The Balaban J connectivity index is 1.86. The van der Waals surface area contributed by atoms with Crippen LogP contribution in [0.3, 0.4) is 0 Å². The minimum Gasteiger partial charge on any atom is -0.338 e. The molecule has 3 N–H and O–H groups in total. The van der Waals surface area contributed by atoms with Gasteiger partial charge in [-0.15, -0.1) is 5.10 Å². The van der Waals surface area contributed by atoms with Gasteiger partial charge in [0.15, 0.2) is 5.82 Å². The molecular weight excluding hydrogens is 274 g/mol. The van der Waals surface area contributed by atoms with Crippen molar-refractivity contribution in [3.8, 4) is 11.4 Å². The summed E-state index contributed by atoms with van der Waals surface area (Å²) in [5, 5.41) is 7.99. The third-order valence-electron chi connectivity index (χ3n) is 3.53. The number of piperidine rings is 1. The highest BCUT2D eigenvalue weighted by molar-refractivity contribution is 6.30. The van der Waals surface area contributed by atoms with Crippen LogP contribution >= 0.6 is 11.6 Å². The third kappa shape index (κ3) is 2.78. The number of H-pyrrole nitrogens is 1. The number of hydrogen-bond donors (Lipinski definition) is 2. The first-order chi connectivity index (χ1) is 9.61. The van der Waals surface area contributed by atoms with E-state index in [1.165, 1.54) is 0 Å². The van der Waals surface area contributed by atoms with E-state index in [-0.39, 0.29) is 6.04 Å². The summed E-state index contributed by atoms with van der Waals surface area (Å²) >= 11 is 6.09. The standard InChI is InChI=1S/C14H18ClN5/c1-9-5-10(7-11(15)6-9)13-17-14(19-18-13)20-4-2-3-12(16)8-20/h5-7,12H,2-4,8,16H2,1H3,(H,17,18,19). The van der Waals surface area contributed by atoms with E-state index < -0.39 is 0 Å². The molecule has 1 saturated heterocycles. The zero-order valence-corrected chi connectivity index (χ0v) is 12.2. The maximum absolute atomic E-state index is 6.09. The summed E-state index contributed by atoms with van der Waals surface area (Å²) < 4.78 is 0. The number of nitrogens with two attached hydrogens (primary N) is 1. The molecule has 0 saturated carbocycles. The highest BCUT2D eigenvalue weighted by atomic mass is 35.5. The molecule has 0 radical (unpaired) electrons. The maximum atomic E-state index is 6.09. The van der Waals surface area contributed by atoms with Crippen LogP contribution < -0.4 is 10.6 Å². The van der Waals surface area contributed by atoms with Crippen molar-refractivity contribution in [2.75, 3.05) is 18.0 Å². The average Bonchev–Trinajstić information content (AvgIpc) is 2.87. The van der Waals surface area contributed by atoms with Gasteiger partial charge in [-0.1, -0.05) is 11.6 Å². The quantitative estimate of drug-likeness (QED) is 0.891. The van der Waals surface area contributed by atoms with Gasteiger partial charge in [-0.2, -0.15) is 4.98 Å². The summed E-state index contributed by atoms with van der Waals surface area (Å²) in [6.45, 7) is 3.78. The van der Waals surface area contributed by atoms with Gasteiger partial charge in [0.1, 0.15) is 0 Å². The largest absolute Gasteiger partial charge is 0.338 e. The Labute approximate surface area is 123 Å². The number of aryl methyl sites for hydroxylation is 1. The smallest absolute Gasteiger partial charge is 0.245 e. The topological polar surface area (TPSA) is 70.8 Å². The Morgan fingerprint density at radius 3 is 3.00 bits per heavy atom. The number of benzene rings is 1. The Morgan fingerprint density at radius 2 is 2.25 bits per heavy atom. The minimum atomic E-state index is 0.208. The molecule has 2 heterocycles. The van der Waals surface area contributed by atoms with Crippen molar-refractivity contribution in [3.05, 3.63) is 28.8 Å². The lowest BCUT2D eigenvalue weighted by molar-refractivity contribution is 0.500. The lowest BCUT2D eigenvalue weighted by Gasteiger charge is -2.29. The summed E-state index contributed by atoms with van der Waals surface area (Å²) in [5.41, 5.74) is 8.05. The molecule has 106 valence electrons. The highest BCUT2D eigenvalue weighted by Crippen LogP contribution is 2.24. The molecule has 1 unspecified atom stereocenters. The Hall–Kier alpha value is -1.59. The fraction of sp³-hybridized carbons (Fsp3) is 0.429. The summed E-state index contributed by atoms with van der Waals surface area (Å²) in [6, 6.07) is 6.06. The van der Waals surface area contributed by atoms with Crippen LogP contribution in [0.5, 0.6) is 0 Å². The van der Waals surface area contributed by atoms with Crippen molar-refractivity contribution < 1.29 is 0 Å². The molecule has 1 aliphatic rings. The molecule has 2 aromatic rings. The van der Waals surface area contributed by atoms with Gasteiger partial charge in [0.2, 0.25) is 5.95 Å². The monoisotopic (exact) mass is 291 g/mol. The van der Waals surface area contributed by atoms with Gasteiger partial charge in [-0.3, -0.25) is 5.10 Å². The number of halogens is 1. The molecule has 0 bridgehead atoms. The average molecular weight is 292 g/mol. The predicted molar refractivity (Wildman–Crippen MR) is 81.0 cm³/mol. The number of nitrogens with one attached hydrogen (secondary N) is 1. The molecule has 1 aromatic carbocycles. The first-order valence-corrected chi connectivity index (χ1v) is 7.20. The van der Waals surface area contributed by atoms with Gasteiger partial charge >= 0.3 is 0 Å². The number of aromatic amines is 1. The van der Waals surface area contributed by atoms with Crippen molar-refractivity contribution in [2.24, 2.45) is 5.73 Å². The van der Waals surface area contributed by atoms with Crippen molar-refractivity contribution in [1.82, 2.24) is 15.2 Å². The SMILES string of the molecule is Cc1cc(Cl)cc(-c2nc(N3CCCC(N)C3)n[nH]2)c1. The summed E-state index contributed by atoms with van der Waals surface area (Å²) in [4.78, 5) is 6.70. The van der Waals surface area contributed by atoms with Crippen LogP contribution in [0.1, 0.15) is 18.4 Å². The van der Waals surface area contributed by atoms with E-state index >= 15 is 0 Å². The lowest BCUT2D eigenvalue weighted by atomic mass is 10.1. The summed E-state index contributed by atoms with van der Waals surface area (Å²) in [6.07, 6.45) is 2.16. The molecular formula is C14H18ClN5. The van der Waals surface area contributed by atoms with Crippen LogP contribution in [0.15, 0.2) is 18.2 Å². The van der Waals surface area contributed by atoms with E-state index in [0.717, 1.165) is 42.9 Å². The Kier molecular flexibility index (Phi) is 3.63. The van der Waals surface area contributed by atoms with Gasteiger partial charge in [0.05, 0.1) is 0 Å². The summed E-state index contributed by atoms with van der Waals surface area (Å²) in [7, 11) is 0. The molecule has 0 amide bonds. The maximum Gasteiger partial charge on any atom is 0.245 e. The lowest BCUT2D eigenvalue weighted by Crippen LogP contribution is -2.43. The summed E-state index contributed by atoms with van der Waals surface area (Å²) in [5.74, 6) is 1.46. The van der Waals surface area contributed by atoms with Gasteiger partial charge in [-0.05, 0) is 43.5 Å². The number of anilines is 1. The van der Waals surface area contributed by atoms with Gasteiger partial charge in [-0.25, -0.2) is 0 Å². The molecule has 0 spiro atoms. The van der Waals surface area contributed by atoms with E-state index in [2.05, 4.69) is 20.1 Å². The van der Waals surface area contributed by atoms with E-state index in [1.54, 1.807) is 0 Å². The normalized spacial score (nSPS) is 19.4. The van der Waals surface area contributed by atoms with Crippen LogP contribution in [0, 0.1) is 6.92 Å². The van der Waals surface area contributed by atoms with Crippen LogP contribution in [-0.4, -0.2) is 34.3 Å². The Morgan fingerprint density at radius 1 is 1.40 bits per heavy atom. The molecule has 6 heteroatoms. The second-order valence-electron chi connectivity index (χ2n) is 5.35. The minimum absolute atomic E-state index is 0.208. The van der Waals surface area contributed by atoms with Crippen LogP contribution in [0.25, 0.3) is 11.4 Å². The zero-order chi connectivity index (χ0) is 14.1. The molecule has 0 aliphatic carbocycles. The van der Waals surface area contributed by atoms with Crippen LogP contribution in [-0.2, 0) is 0 Å². The van der Waals surface area contributed by atoms with Gasteiger partial charge in [0.25, 0.3) is 0 Å². The number of rotatable bonds is 2. The molecule has 3 rings (SSSR count). The van der Waals surface area contributed by atoms with Crippen molar-refractivity contribution >= 4 is 17.5 Å². The zero-order valence-electron chi connectivity index (χ0n) is 11.4. The van der Waals surface area contributed by atoms with Gasteiger partial charge < -0.3 is 10.6 Å². The van der Waals surface area contributed by atoms with E-state index in [4.69, 9.17) is 17.3 Å². The van der Waals surface area contributed by atoms with Crippen LogP contribution in [0.4, 0.5) is 5.95 Å². The van der Waals surface area contributed by atoms with Crippen molar-refractivity contribution in [3.63, 3.8) is 0 Å². The second kappa shape index (κ2) is 5.42. The molecule has 20 heavy (non-hydrogen) atoms. The molecule has 1 fully saturated rings. The predicted octanol–water partition coefficient (Wildman–Crippen LogP) is 2.36. The molecule has 1 atom stereocenters. The van der Waals surface area contributed by atoms with E-state index in [9.17, 15) is 0 Å². The molecule has 1 aromatic heterocycles. The number of hydrogen-bond acceptors (Lipinski definition) is 4. The first kappa shape index (κ1) is 13.4. The molecule has 5 nitrogen and oxygen atoms in total. The van der Waals surface area contributed by atoms with Crippen molar-refractivity contribution in [2.45, 2.75) is 25.8 Å². The van der Waals surface area contributed by atoms with E-state index in [1.807, 2.05) is 25.1 Å². The fourth-order valence-electron chi connectivity index (χ4n) is 2.59. The van der Waals surface area contributed by atoms with Crippen molar-refractivity contribution in [1.29, 1.82) is 0 Å². The van der Waals surface area contributed by atoms with E-state index in [0.29, 0.717) is 11.0 Å². The second-order valence-corrected chi connectivity index (χ2v) is 5.79. The first-order valence-electron chi connectivity index (χ1n) is 6.82. The molecule has 1 aliphatic heterocycles. The highest BCUT2D eigenvalue weighted by Gasteiger charge is 2.20. The van der Waals surface area contributed by atoms with Crippen LogP contribution in [0.2, 0.25) is 5.02 Å². The number of aromatic nitrogens is 3. The third-order valence-corrected chi connectivity index (χ3v) is 3.75. The Bertz CT molecular complexity index is 589. The van der Waals surface area contributed by atoms with Gasteiger partial charge in [0, 0.05) is 29.7 Å².